The van der Waals surface area contributed by atoms with E-state index < -0.39 is 0 Å². The van der Waals surface area contributed by atoms with Crippen LogP contribution in [0.1, 0.15) is 46.6 Å². The third-order valence-electron chi connectivity index (χ3n) is 4.70. The molecule has 1 aromatic carbocycles. The Morgan fingerprint density at radius 2 is 1.94 bits per heavy atom. The van der Waals surface area contributed by atoms with E-state index >= 15 is 0 Å². The molecule has 1 atom stereocenters. The quantitative estimate of drug-likeness (QED) is 0.737. The van der Waals surface area contributed by atoms with Gasteiger partial charge in [0.05, 0.1) is 0 Å². The summed E-state index contributed by atoms with van der Waals surface area (Å²) in [6.45, 7) is 13.8. The maximum absolute atomic E-state index is 6.17. The zero-order valence-electron chi connectivity index (χ0n) is 12.2. The fourth-order valence-electron chi connectivity index (χ4n) is 3.42. The minimum absolute atomic E-state index is 0.239. The number of fused-ring (bicyclic) bond motifs is 1. The van der Waals surface area contributed by atoms with Crippen molar-refractivity contribution in [3.8, 4) is 0 Å². The minimum Gasteiger partial charge on any atom is -0.371 e. The highest BCUT2D eigenvalue weighted by Gasteiger charge is 2.48. The zero-order chi connectivity index (χ0) is 13.6. The van der Waals surface area contributed by atoms with Crippen LogP contribution in [-0.2, 0) is 5.41 Å². The van der Waals surface area contributed by atoms with E-state index in [-0.39, 0.29) is 10.8 Å². The van der Waals surface area contributed by atoms with Crippen LogP contribution in [0.25, 0.3) is 0 Å². The predicted molar refractivity (Wildman–Crippen MR) is 80.8 cm³/mol. The average Bonchev–Trinajstić information content (AvgIpc) is 2.62. The molecule has 100 valence electrons. The van der Waals surface area contributed by atoms with Crippen LogP contribution < -0.4 is 4.90 Å². The molecule has 0 spiro atoms. The molecule has 0 N–H and O–H groups in total. The molecule has 2 rings (SSSR count). The van der Waals surface area contributed by atoms with Gasteiger partial charge in [-0.3, -0.25) is 0 Å². The topological polar surface area (TPSA) is 3.24 Å². The van der Waals surface area contributed by atoms with E-state index in [2.05, 4.69) is 51.7 Å². The van der Waals surface area contributed by atoms with Crippen LogP contribution in [0.4, 0.5) is 5.69 Å². The molecule has 1 unspecified atom stereocenters. The van der Waals surface area contributed by atoms with Crippen molar-refractivity contribution >= 4 is 17.3 Å². The van der Waals surface area contributed by atoms with Crippen LogP contribution in [0, 0.1) is 5.41 Å². The summed E-state index contributed by atoms with van der Waals surface area (Å²) < 4.78 is 0. The first-order valence-electron chi connectivity index (χ1n) is 6.90. The van der Waals surface area contributed by atoms with Crippen LogP contribution in [0.2, 0.25) is 5.02 Å². The molecule has 1 aliphatic rings. The first kappa shape index (κ1) is 13.7. The van der Waals surface area contributed by atoms with Crippen LogP contribution in [-0.4, -0.2) is 13.1 Å². The van der Waals surface area contributed by atoms with Crippen molar-refractivity contribution in [2.24, 2.45) is 5.41 Å². The Kier molecular flexibility index (Phi) is 3.40. The molecule has 0 fully saturated rings. The van der Waals surface area contributed by atoms with Crippen molar-refractivity contribution in [2.75, 3.05) is 18.0 Å². The van der Waals surface area contributed by atoms with Gasteiger partial charge in [-0.2, -0.15) is 0 Å². The summed E-state index contributed by atoms with van der Waals surface area (Å²) in [7, 11) is 0. The lowest BCUT2D eigenvalue weighted by Gasteiger charge is -2.42. The molecule has 1 aromatic rings. The first-order valence-corrected chi connectivity index (χ1v) is 7.28. The summed E-state index contributed by atoms with van der Waals surface area (Å²) in [4.78, 5) is 2.47. The highest BCUT2D eigenvalue weighted by atomic mass is 35.5. The summed E-state index contributed by atoms with van der Waals surface area (Å²) in [6, 6.07) is 6.40. The molecule has 0 saturated heterocycles. The SMILES string of the molecule is CCN1CC(CC)(C(C)(C)C)c2ccc(Cl)cc21. The lowest BCUT2D eigenvalue weighted by molar-refractivity contribution is 0.191. The summed E-state index contributed by atoms with van der Waals surface area (Å²) in [5.74, 6) is 0. The fourth-order valence-corrected chi connectivity index (χ4v) is 3.59. The van der Waals surface area contributed by atoms with E-state index in [0.29, 0.717) is 0 Å². The molecule has 18 heavy (non-hydrogen) atoms. The van der Waals surface area contributed by atoms with Gasteiger partial charge in [0.1, 0.15) is 0 Å². The molecule has 2 heteroatoms. The number of benzene rings is 1. The fraction of sp³-hybridized carbons (Fsp3) is 0.625. The summed E-state index contributed by atoms with van der Waals surface area (Å²) in [6.07, 6.45) is 1.17. The monoisotopic (exact) mass is 265 g/mol. The molecule has 0 aromatic heterocycles. The normalized spacial score (nSPS) is 23.3. The molecule has 1 aliphatic heterocycles. The standard InChI is InChI=1S/C16H24ClN/c1-6-16(15(3,4)5)11-18(7-2)14-10-12(17)8-9-13(14)16/h8-10H,6-7,11H2,1-5H3. The van der Waals surface area contributed by atoms with Gasteiger partial charge in [-0.15, -0.1) is 0 Å². The van der Waals surface area contributed by atoms with Gasteiger partial charge in [-0.1, -0.05) is 45.4 Å². The van der Waals surface area contributed by atoms with Crippen LogP contribution >= 0.6 is 11.6 Å². The van der Waals surface area contributed by atoms with Gasteiger partial charge in [0.15, 0.2) is 0 Å². The smallest absolute Gasteiger partial charge is 0.0426 e. The van der Waals surface area contributed by atoms with Gasteiger partial charge >= 0.3 is 0 Å². The predicted octanol–water partition coefficient (Wildman–Crippen LogP) is 4.87. The van der Waals surface area contributed by atoms with Crippen molar-refractivity contribution in [1.29, 1.82) is 0 Å². The maximum Gasteiger partial charge on any atom is 0.0426 e. The number of halogens is 1. The van der Waals surface area contributed by atoms with E-state index in [1.165, 1.54) is 17.7 Å². The zero-order valence-corrected chi connectivity index (χ0v) is 12.9. The maximum atomic E-state index is 6.17. The van der Waals surface area contributed by atoms with E-state index in [0.717, 1.165) is 18.1 Å². The molecule has 0 bridgehead atoms. The second-order valence-electron chi connectivity index (χ2n) is 6.36. The van der Waals surface area contributed by atoms with E-state index in [1.807, 2.05) is 6.07 Å². The molecule has 0 saturated carbocycles. The summed E-state index contributed by atoms with van der Waals surface area (Å²) in [5, 5.41) is 0.841. The average molecular weight is 266 g/mol. The Morgan fingerprint density at radius 3 is 2.44 bits per heavy atom. The van der Waals surface area contributed by atoms with Gasteiger partial charge in [-0.25, -0.2) is 0 Å². The second-order valence-corrected chi connectivity index (χ2v) is 6.80. The lowest BCUT2D eigenvalue weighted by Crippen LogP contribution is -2.43. The lowest BCUT2D eigenvalue weighted by atomic mass is 9.62. The number of nitrogens with zero attached hydrogens (tertiary/aromatic N) is 1. The molecule has 0 aliphatic carbocycles. The number of anilines is 1. The molecular weight excluding hydrogens is 242 g/mol. The van der Waals surface area contributed by atoms with Gasteiger partial charge in [0.2, 0.25) is 0 Å². The highest BCUT2D eigenvalue weighted by Crippen LogP contribution is 2.53. The third-order valence-corrected chi connectivity index (χ3v) is 4.93. The highest BCUT2D eigenvalue weighted by molar-refractivity contribution is 6.30. The summed E-state index contributed by atoms with van der Waals surface area (Å²) >= 11 is 6.17. The molecule has 1 nitrogen and oxygen atoms in total. The Hall–Kier alpha value is -0.690. The summed E-state index contributed by atoms with van der Waals surface area (Å²) in [5.41, 5.74) is 3.31. The second kappa shape index (κ2) is 4.45. The van der Waals surface area contributed by atoms with Gasteiger partial charge in [0.25, 0.3) is 0 Å². The van der Waals surface area contributed by atoms with Crippen molar-refractivity contribution in [1.82, 2.24) is 0 Å². The minimum atomic E-state index is 0.239. The largest absolute Gasteiger partial charge is 0.371 e. The van der Waals surface area contributed by atoms with Crippen molar-refractivity contribution in [3.63, 3.8) is 0 Å². The van der Waals surface area contributed by atoms with Crippen LogP contribution in [0.15, 0.2) is 18.2 Å². The molecular formula is C16H24ClN. The van der Waals surface area contributed by atoms with Gasteiger partial charge < -0.3 is 4.90 Å². The van der Waals surface area contributed by atoms with Crippen molar-refractivity contribution < 1.29 is 0 Å². The Balaban J connectivity index is 2.62. The van der Waals surface area contributed by atoms with Crippen LogP contribution in [0.5, 0.6) is 0 Å². The van der Waals surface area contributed by atoms with Gasteiger partial charge in [0, 0.05) is 29.2 Å². The third kappa shape index (κ3) is 1.84. The van der Waals surface area contributed by atoms with Crippen LogP contribution in [0.3, 0.4) is 0 Å². The molecule has 1 heterocycles. The van der Waals surface area contributed by atoms with Gasteiger partial charge in [-0.05, 0) is 36.5 Å². The van der Waals surface area contributed by atoms with Crippen molar-refractivity contribution in [3.05, 3.63) is 28.8 Å². The van der Waals surface area contributed by atoms with E-state index in [4.69, 9.17) is 11.6 Å². The Bertz CT molecular complexity index is 447. The van der Waals surface area contributed by atoms with Crippen molar-refractivity contribution in [2.45, 2.75) is 46.5 Å². The Morgan fingerprint density at radius 1 is 1.28 bits per heavy atom. The number of hydrogen-bond donors (Lipinski definition) is 0. The first-order chi connectivity index (χ1) is 8.35. The number of likely N-dealkylation sites (N-methyl/N-ethyl adjacent to an activating group) is 1. The molecule has 0 amide bonds. The van der Waals surface area contributed by atoms with E-state index in [9.17, 15) is 0 Å². The molecule has 0 radical (unpaired) electrons. The Labute approximate surface area is 116 Å². The number of rotatable bonds is 2. The van der Waals surface area contributed by atoms with E-state index in [1.54, 1.807) is 0 Å². The number of hydrogen-bond acceptors (Lipinski definition) is 1.